The first kappa shape index (κ1) is 22.1. The van der Waals surface area contributed by atoms with E-state index in [9.17, 15) is 0 Å². The van der Waals surface area contributed by atoms with Crippen LogP contribution < -0.4 is 0 Å². The minimum absolute atomic E-state index is 0.489. The van der Waals surface area contributed by atoms with E-state index in [1.54, 1.807) is 0 Å². The Balaban J connectivity index is 1.28. The Morgan fingerprint density at radius 3 is 1.90 bits per heavy atom. The molecule has 0 N–H and O–H groups in total. The second-order valence-corrected chi connectivity index (χ2v) is 13.0. The molecular weight excluding hydrogens is 378 g/mol. The van der Waals surface area contributed by atoms with E-state index < -0.39 is 0 Å². The molecule has 3 nitrogen and oxygen atoms in total. The zero-order valence-electron chi connectivity index (χ0n) is 20.8. The first-order valence-corrected chi connectivity index (χ1v) is 14.1. The third-order valence-corrected chi connectivity index (χ3v) is 10.0. The van der Waals surface area contributed by atoms with Crippen molar-refractivity contribution in [3.8, 4) is 0 Å². The summed E-state index contributed by atoms with van der Waals surface area (Å²) < 4.78 is 0. The van der Waals surface area contributed by atoms with Crippen molar-refractivity contribution < 1.29 is 0 Å². The van der Waals surface area contributed by atoms with E-state index in [0.717, 1.165) is 42.3 Å². The Labute approximate surface area is 192 Å². The van der Waals surface area contributed by atoms with Crippen LogP contribution in [0.25, 0.3) is 0 Å². The first-order chi connectivity index (χ1) is 15.0. The van der Waals surface area contributed by atoms with Gasteiger partial charge < -0.3 is 9.80 Å². The number of hydrogen-bond donors (Lipinski definition) is 0. The quantitative estimate of drug-likeness (QED) is 0.495. The molecule has 3 heteroatoms. The molecule has 1 saturated heterocycles. The summed E-state index contributed by atoms with van der Waals surface area (Å²) in [6.07, 6.45) is 20.4. The summed E-state index contributed by atoms with van der Waals surface area (Å²) in [4.78, 5) is 11.0. The van der Waals surface area contributed by atoms with Gasteiger partial charge in [-0.15, -0.1) is 0 Å². The highest BCUT2D eigenvalue weighted by Gasteiger charge is 2.47. The number of nitrogens with zero attached hydrogens (tertiary/aromatic N) is 3. The van der Waals surface area contributed by atoms with Gasteiger partial charge in [0.2, 0.25) is 0 Å². The molecule has 3 saturated carbocycles. The van der Waals surface area contributed by atoms with Gasteiger partial charge in [-0.2, -0.15) is 0 Å². The molecule has 0 amide bonds. The van der Waals surface area contributed by atoms with Crippen molar-refractivity contribution in [1.82, 2.24) is 9.80 Å². The van der Waals surface area contributed by atoms with Crippen LogP contribution in [0, 0.1) is 29.1 Å². The summed E-state index contributed by atoms with van der Waals surface area (Å²) in [6, 6.07) is 1.48. The summed E-state index contributed by atoms with van der Waals surface area (Å²) in [5.74, 6) is 5.07. The highest BCUT2D eigenvalue weighted by atomic mass is 15.5. The summed E-state index contributed by atoms with van der Waals surface area (Å²) >= 11 is 0. The van der Waals surface area contributed by atoms with Crippen molar-refractivity contribution in [2.75, 3.05) is 19.6 Å². The van der Waals surface area contributed by atoms with Crippen molar-refractivity contribution in [2.45, 2.75) is 123 Å². The lowest BCUT2D eigenvalue weighted by Crippen LogP contribution is -2.44. The lowest BCUT2D eigenvalue weighted by atomic mass is 9.69. The van der Waals surface area contributed by atoms with Crippen LogP contribution in [0.15, 0.2) is 4.99 Å². The topological polar surface area (TPSA) is 18.8 Å². The van der Waals surface area contributed by atoms with Crippen LogP contribution in [0.2, 0.25) is 0 Å². The fourth-order valence-corrected chi connectivity index (χ4v) is 7.99. The molecule has 0 aromatic heterocycles. The fraction of sp³-hybridized carbons (Fsp3) is 0.964. The maximum absolute atomic E-state index is 5.27. The van der Waals surface area contributed by atoms with Gasteiger partial charge in [-0.05, 0) is 80.5 Å². The van der Waals surface area contributed by atoms with Gasteiger partial charge >= 0.3 is 0 Å². The molecule has 2 heterocycles. The molecule has 0 spiro atoms. The predicted octanol–water partition coefficient (Wildman–Crippen LogP) is 6.72. The maximum Gasteiger partial charge on any atom is 0.197 e. The zero-order valence-corrected chi connectivity index (χ0v) is 20.8. The Morgan fingerprint density at radius 1 is 0.742 bits per heavy atom. The highest BCUT2D eigenvalue weighted by molar-refractivity contribution is 5.84. The molecule has 3 aliphatic carbocycles. The van der Waals surface area contributed by atoms with Crippen molar-refractivity contribution >= 4 is 5.96 Å². The van der Waals surface area contributed by atoms with Crippen molar-refractivity contribution in [3.63, 3.8) is 0 Å². The maximum atomic E-state index is 5.27. The smallest absolute Gasteiger partial charge is 0.197 e. The molecule has 5 rings (SSSR count). The predicted molar refractivity (Wildman–Crippen MR) is 131 cm³/mol. The van der Waals surface area contributed by atoms with Gasteiger partial charge in [-0.3, -0.25) is 4.99 Å². The van der Waals surface area contributed by atoms with Gasteiger partial charge in [0.25, 0.3) is 0 Å². The summed E-state index contributed by atoms with van der Waals surface area (Å²) in [5.41, 5.74) is 0.489. The van der Waals surface area contributed by atoms with E-state index in [1.165, 1.54) is 109 Å². The average molecular weight is 428 g/mol. The normalized spacial score (nSPS) is 36.0. The highest BCUT2D eigenvalue weighted by Crippen LogP contribution is 2.43. The molecule has 0 unspecified atom stereocenters. The van der Waals surface area contributed by atoms with Crippen molar-refractivity contribution in [2.24, 2.45) is 34.1 Å². The first-order valence-electron chi connectivity index (χ1n) is 14.1. The molecule has 2 atom stereocenters. The third kappa shape index (κ3) is 4.67. The summed E-state index contributed by atoms with van der Waals surface area (Å²) in [5, 5.41) is 0. The van der Waals surface area contributed by atoms with Crippen LogP contribution in [-0.2, 0) is 0 Å². The zero-order chi connectivity index (χ0) is 21.4. The van der Waals surface area contributed by atoms with Crippen LogP contribution in [-0.4, -0.2) is 47.5 Å². The molecular formula is C28H49N3. The SMILES string of the molecule is CC(C)(C)C1CCC(CN2C3=NC[C@H](C4CCCCC4)N3C[C@@H]2C2CCCCC2)CC1. The summed E-state index contributed by atoms with van der Waals surface area (Å²) in [6.45, 7) is 11.0. The van der Waals surface area contributed by atoms with E-state index >= 15 is 0 Å². The molecule has 0 bridgehead atoms. The van der Waals surface area contributed by atoms with E-state index in [4.69, 9.17) is 4.99 Å². The van der Waals surface area contributed by atoms with Gasteiger partial charge in [-0.25, -0.2) is 0 Å². The van der Waals surface area contributed by atoms with E-state index in [2.05, 4.69) is 30.6 Å². The van der Waals surface area contributed by atoms with Gasteiger partial charge in [0.1, 0.15) is 0 Å². The van der Waals surface area contributed by atoms with Crippen molar-refractivity contribution in [1.29, 1.82) is 0 Å². The molecule has 176 valence electrons. The van der Waals surface area contributed by atoms with Crippen LogP contribution in [0.1, 0.15) is 111 Å². The molecule has 0 aromatic carbocycles. The second-order valence-electron chi connectivity index (χ2n) is 13.0. The van der Waals surface area contributed by atoms with Gasteiger partial charge in [0.15, 0.2) is 5.96 Å². The van der Waals surface area contributed by atoms with Crippen LogP contribution >= 0.6 is 0 Å². The monoisotopic (exact) mass is 427 g/mol. The molecule has 2 aliphatic heterocycles. The van der Waals surface area contributed by atoms with E-state index in [1.807, 2.05) is 0 Å². The lowest BCUT2D eigenvalue weighted by Gasteiger charge is -2.40. The van der Waals surface area contributed by atoms with Crippen LogP contribution in [0.5, 0.6) is 0 Å². The standard InChI is InChI=1S/C28H49N3/c1-28(2,3)24-16-14-21(15-17-24)19-30-26(23-12-8-5-9-13-23)20-31-25(18-29-27(30)31)22-10-6-4-7-11-22/h21-26H,4-20H2,1-3H3/t21?,24?,25-,26-/m1/s1. The Kier molecular flexibility index (Phi) is 6.59. The second kappa shape index (κ2) is 9.26. The molecule has 0 aromatic rings. The average Bonchev–Trinajstić information content (AvgIpc) is 3.35. The summed E-state index contributed by atoms with van der Waals surface area (Å²) in [7, 11) is 0. The van der Waals surface area contributed by atoms with Gasteiger partial charge in [0, 0.05) is 13.1 Å². The minimum Gasteiger partial charge on any atom is -0.338 e. The lowest BCUT2D eigenvalue weighted by molar-refractivity contribution is 0.121. The number of fused-ring (bicyclic) bond motifs is 1. The Bertz CT molecular complexity index is 615. The fourth-order valence-electron chi connectivity index (χ4n) is 7.99. The van der Waals surface area contributed by atoms with Gasteiger partial charge in [0.05, 0.1) is 18.6 Å². The van der Waals surface area contributed by atoms with Crippen LogP contribution in [0.3, 0.4) is 0 Å². The minimum atomic E-state index is 0.489. The number of hydrogen-bond acceptors (Lipinski definition) is 3. The largest absolute Gasteiger partial charge is 0.338 e. The van der Waals surface area contributed by atoms with E-state index in [0.29, 0.717) is 5.41 Å². The Morgan fingerprint density at radius 2 is 1.32 bits per heavy atom. The number of rotatable bonds is 4. The molecule has 31 heavy (non-hydrogen) atoms. The van der Waals surface area contributed by atoms with E-state index in [-0.39, 0.29) is 0 Å². The molecule has 5 aliphatic rings. The van der Waals surface area contributed by atoms with Crippen LogP contribution in [0.4, 0.5) is 0 Å². The number of aliphatic imine (C=N–C) groups is 1. The molecule has 4 fully saturated rings. The Hall–Kier alpha value is -0.730. The van der Waals surface area contributed by atoms with Gasteiger partial charge in [-0.1, -0.05) is 59.3 Å². The van der Waals surface area contributed by atoms with Crippen molar-refractivity contribution in [3.05, 3.63) is 0 Å². The molecule has 0 radical (unpaired) electrons. The third-order valence-electron chi connectivity index (χ3n) is 10.0. The number of guanidine groups is 1.